The Labute approximate surface area is 109 Å². The first kappa shape index (κ1) is 13.9. The molecule has 0 heterocycles. The summed E-state index contributed by atoms with van der Waals surface area (Å²) < 4.78 is 29.8. The molecular formula is C10H10BrNO4S. The smallest absolute Gasteiger partial charge is 0.340 e. The lowest BCUT2D eigenvalue weighted by Gasteiger charge is -2.15. The molecule has 0 amide bonds. The van der Waals surface area contributed by atoms with Crippen LogP contribution in [-0.4, -0.2) is 19.9 Å². The molecule has 0 aliphatic heterocycles. The molecule has 0 N–H and O–H groups in total. The van der Waals surface area contributed by atoms with Crippen molar-refractivity contribution in [1.29, 1.82) is 0 Å². The number of ether oxygens (including phenoxy) is 1. The minimum atomic E-state index is -2.66. The molecular weight excluding hydrogens is 310 g/mol. The van der Waals surface area contributed by atoms with E-state index in [1.54, 1.807) is 24.3 Å². The summed E-state index contributed by atoms with van der Waals surface area (Å²) in [5.74, 6) is -0.425. The highest BCUT2D eigenvalue weighted by atomic mass is 79.9. The molecule has 1 aromatic rings. The molecule has 1 aromatic carbocycles. The van der Waals surface area contributed by atoms with Crippen LogP contribution in [0.4, 0.5) is 0 Å². The van der Waals surface area contributed by atoms with Gasteiger partial charge in [-0.25, -0.2) is 4.79 Å². The fourth-order valence-corrected chi connectivity index (χ4v) is 1.79. The average molecular weight is 320 g/mol. The topological polar surface area (TPSA) is 72.8 Å². The molecule has 17 heavy (non-hydrogen) atoms. The lowest BCUT2D eigenvalue weighted by Crippen LogP contribution is -2.33. The number of esters is 1. The second-order valence-electron chi connectivity index (χ2n) is 3.69. The molecule has 0 saturated carbocycles. The van der Waals surface area contributed by atoms with Gasteiger partial charge in [-0.15, -0.1) is 0 Å². The Hall–Kier alpha value is -1.21. The van der Waals surface area contributed by atoms with Gasteiger partial charge >= 0.3 is 16.5 Å². The van der Waals surface area contributed by atoms with Gasteiger partial charge in [0.2, 0.25) is 0 Å². The van der Waals surface area contributed by atoms with Crippen LogP contribution in [0.15, 0.2) is 33.1 Å². The standard InChI is InChI=1S/C10H10BrNO4S/c1-10(2,12-17(14)15)9(13)16-8-6-4-3-5-7(8)11/h3-6H,1-2H3. The molecule has 0 spiro atoms. The lowest BCUT2D eigenvalue weighted by molar-refractivity contribution is -0.139. The van der Waals surface area contributed by atoms with Gasteiger partial charge in [-0.05, 0) is 41.9 Å². The summed E-state index contributed by atoms with van der Waals surface area (Å²) in [6.45, 7) is 2.73. The van der Waals surface area contributed by atoms with Crippen LogP contribution >= 0.6 is 15.9 Å². The molecule has 0 fully saturated rings. The highest BCUT2D eigenvalue weighted by Crippen LogP contribution is 2.25. The Balaban J connectivity index is 2.94. The lowest BCUT2D eigenvalue weighted by atomic mass is 10.1. The van der Waals surface area contributed by atoms with Crippen LogP contribution < -0.4 is 4.74 Å². The first-order chi connectivity index (χ1) is 7.83. The van der Waals surface area contributed by atoms with E-state index in [0.717, 1.165) is 0 Å². The monoisotopic (exact) mass is 319 g/mol. The highest BCUT2D eigenvalue weighted by Gasteiger charge is 2.30. The summed E-state index contributed by atoms with van der Waals surface area (Å²) >= 11 is 3.21. The van der Waals surface area contributed by atoms with Crippen molar-refractivity contribution in [2.45, 2.75) is 19.4 Å². The maximum Gasteiger partial charge on any atom is 0.340 e. The summed E-state index contributed by atoms with van der Waals surface area (Å²) in [4.78, 5) is 11.7. The van der Waals surface area contributed by atoms with E-state index in [0.29, 0.717) is 10.2 Å². The number of nitrogens with zero attached hydrogens (tertiary/aromatic N) is 1. The Kier molecular flexibility index (Phi) is 4.41. The fourth-order valence-electron chi connectivity index (χ4n) is 0.976. The largest absolute Gasteiger partial charge is 0.424 e. The van der Waals surface area contributed by atoms with Crippen LogP contribution in [0.5, 0.6) is 5.75 Å². The van der Waals surface area contributed by atoms with Crippen LogP contribution in [-0.2, 0) is 15.3 Å². The summed E-state index contributed by atoms with van der Waals surface area (Å²) in [6.07, 6.45) is 0. The van der Waals surface area contributed by atoms with Crippen molar-refractivity contribution < 1.29 is 17.9 Å². The van der Waals surface area contributed by atoms with E-state index in [9.17, 15) is 13.2 Å². The van der Waals surface area contributed by atoms with Crippen LogP contribution in [0.2, 0.25) is 0 Å². The molecule has 92 valence electrons. The number of carbonyl (C=O) groups is 1. The summed E-state index contributed by atoms with van der Waals surface area (Å²) in [5.41, 5.74) is -1.44. The number of halogens is 1. The molecule has 7 heteroatoms. The van der Waals surface area contributed by atoms with Crippen molar-refractivity contribution >= 4 is 32.4 Å². The van der Waals surface area contributed by atoms with Gasteiger partial charge < -0.3 is 4.74 Å². The fraction of sp³-hybridized carbons (Fsp3) is 0.300. The zero-order chi connectivity index (χ0) is 13.1. The molecule has 0 aliphatic rings. The first-order valence-electron chi connectivity index (χ1n) is 4.62. The Morgan fingerprint density at radius 2 is 1.94 bits per heavy atom. The molecule has 0 unspecified atom stereocenters. The van der Waals surface area contributed by atoms with Crippen molar-refractivity contribution in [2.24, 2.45) is 4.36 Å². The third kappa shape index (κ3) is 3.94. The predicted octanol–water partition coefficient (Wildman–Crippen LogP) is 2.20. The second-order valence-corrected chi connectivity index (χ2v) is 5.16. The molecule has 5 nitrogen and oxygen atoms in total. The van der Waals surface area contributed by atoms with Gasteiger partial charge in [0.05, 0.1) is 4.47 Å². The van der Waals surface area contributed by atoms with Crippen molar-refractivity contribution in [3.05, 3.63) is 28.7 Å². The van der Waals surface area contributed by atoms with Crippen molar-refractivity contribution in [3.63, 3.8) is 0 Å². The van der Waals surface area contributed by atoms with Gasteiger partial charge in [-0.3, -0.25) is 0 Å². The highest BCUT2D eigenvalue weighted by molar-refractivity contribution is 9.10. The van der Waals surface area contributed by atoms with E-state index in [1.165, 1.54) is 13.8 Å². The van der Waals surface area contributed by atoms with E-state index in [1.807, 2.05) is 0 Å². The van der Waals surface area contributed by atoms with Crippen LogP contribution in [0.25, 0.3) is 0 Å². The molecule has 0 saturated heterocycles. The molecule has 0 radical (unpaired) electrons. The van der Waals surface area contributed by atoms with Gasteiger partial charge in [0.15, 0.2) is 5.54 Å². The maximum atomic E-state index is 11.7. The second kappa shape index (κ2) is 5.42. The summed E-state index contributed by atoms with van der Waals surface area (Å²) in [6, 6.07) is 6.76. The number of hydrogen-bond acceptors (Lipinski definition) is 5. The van der Waals surface area contributed by atoms with Crippen molar-refractivity contribution in [3.8, 4) is 5.75 Å². The normalized spacial score (nSPS) is 10.8. The third-order valence-corrected chi connectivity index (χ3v) is 3.10. The number of hydrogen-bond donors (Lipinski definition) is 0. The first-order valence-corrected chi connectivity index (χ1v) is 6.44. The van der Waals surface area contributed by atoms with Gasteiger partial charge in [0.1, 0.15) is 5.75 Å². The number of carbonyl (C=O) groups excluding carboxylic acids is 1. The Bertz CT molecular complexity index is 557. The van der Waals surface area contributed by atoms with Crippen molar-refractivity contribution in [1.82, 2.24) is 0 Å². The molecule has 0 aromatic heterocycles. The maximum absolute atomic E-state index is 11.7. The SMILES string of the molecule is CC(C)(N=S(=O)=O)C(=O)Oc1ccccc1Br. The molecule has 0 atom stereocenters. The third-order valence-electron chi connectivity index (χ3n) is 1.84. The Morgan fingerprint density at radius 3 is 2.47 bits per heavy atom. The predicted molar refractivity (Wildman–Crippen MR) is 65.2 cm³/mol. The number of para-hydroxylation sites is 1. The van der Waals surface area contributed by atoms with Crippen LogP contribution in [0.3, 0.4) is 0 Å². The van der Waals surface area contributed by atoms with E-state index in [2.05, 4.69) is 20.3 Å². The van der Waals surface area contributed by atoms with Crippen LogP contribution in [0, 0.1) is 0 Å². The van der Waals surface area contributed by atoms with E-state index < -0.39 is 22.0 Å². The zero-order valence-electron chi connectivity index (χ0n) is 9.18. The number of rotatable bonds is 3. The van der Waals surface area contributed by atoms with Gasteiger partial charge in [0.25, 0.3) is 0 Å². The van der Waals surface area contributed by atoms with Gasteiger partial charge in [-0.1, -0.05) is 12.1 Å². The molecule has 1 rings (SSSR count). The summed E-state index contributed by atoms with van der Waals surface area (Å²) in [7, 11) is -2.66. The van der Waals surface area contributed by atoms with E-state index in [4.69, 9.17) is 4.74 Å². The van der Waals surface area contributed by atoms with Gasteiger partial charge in [-0.2, -0.15) is 12.8 Å². The minimum absolute atomic E-state index is 0.317. The van der Waals surface area contributed by atoms with E-state index in [-0.39, 0.29) is 0 Å². The molecule has 0 aliphatic carbocycles. The quantitative estimate of drug-likeness (QED) is 0.632. The van der Waals surface area contributed by atoms with E-state index >= 15 is 0 Å². The van der Waals surface area contributed by atoms with Gasteiger partial charge in [0, 0.05) is 0 Å². The summed E-state index contributed by atoms with van der Waals surface area (Å²) in [5, 5.41) is 0. The number of benzene rings is 1. The van der Waals surface area contributed by atoms with Crippen molar-refractivity contribution in [2.75, 3.05) is 0 Å². The minimum Gasteiger partial charge on any atom is -0.424 e. The zero-order valence-corrected chi connectivity index (χ0v) is 11.6. The molecule has 0 bridgehead atoms. The average Bonchev–Trinajstić information content (AvgIpc) is 2.19. The van der Waals surface area contributed by atoms with Crippen LogP contribution in [0.1, 0.15) is 13.8 Å². The Morgan fingerprint density at radius 1 is 1.35 bits per heavy atom.